The highest BCUT2D eigenvalue weighted by atomic mass is 16.6. The molecule has 0 saturated carbocycles. The molecular weight excluding hydrogens is 1020 g/mol. The summed E-state index contributed by atoms with van der Waals surface area (Å²) in [5, 5.41) is 0. The standard InChI is InChI=1S/C77H122O6/c1-4-7-10-13-16-19-22-25-27-29-31-33-35-36-37-38-39-40-42-43-45-47-49-52-55-58-61-64-67-70-76(79)82-73-74(72-81-75(78)69-66-63-60-57-54-51-24-21-18-15-12-9-6-3)83-77(80)71-68-65-62-59-56-53-50-48-46-44-41-34-32-30-28-26-23-20-17-14-11-8-5-2/h7-12,16-21,25-28,31-34,36-37,39-40,44,46,51,54,74H,4-6,13-15,22-24,29-30,35,38,41-43,45,47-50,52-53,55-73H2,1-3H3/b10-7-,11-8-,12-9-,19-16-,20-17-,21-18-,27-25-,28-26-,33-31-,34-32-,37-36-,40-39-,46-44-,54-51-. The van der Waals surface area contributed by atoms with Crippen LogP contribution in [0.2, 0.25) is 0 Å². The van der Waals surface area contributed by atoms with Crippen LogP contribution < -0.4 is 0 Å². The van der Waals surface area contributed by atoms with E-state index < -0.39 is 6.10 Å². The lowest BCUT2D eigenvalue weighted by molar-refractivity contribution is -0.167. The SMILES string of the molecule is CC/C=C\C/C=C\C/C=C\C/C=C\C/C=C\C/C=C\CCCCCCCCCCCCC(=O)OCC(COC(=O)CCCCC/C=C\C/C=C\C/C=C\CC)OC(=O)CCCCCCCCC/C=C\C/C=C\C/C=C\C/C=C\C/C=C\CC. The Morgan fingerprint density at radius 3 is 0.687 bits per heavy atom. The monoisotopic (exact) mass is 1140 g/mol. The third kappa shape index (κ3) is 67.4. The summed E-state index contributed by atoms with van der Waals surface area (Å²) >= 11 is 0. The first-order chi connectivity index (χ1) is 41.0. The average Bonchev–Trinajstić information content (AvgIpc) is 3.49. The predicted molar refractivity (Wildman–Crippen MR) is 361 cm³/mol. The summed E-state index contributed by atoms with van der Waals surface area (Å²) in [6.45, 7) is 6.26. The molecule has 0 aromatic heterocycles. The van der Waals surface area contributed by atoms with Gasteiger partial charge < -0.3 is 14.2 Å². The van der Waals surface area contributed by atoms with Gasteiger partial charge in [0.1, 0.15) is 13.2 Å². The third-order valence-electron chi connectivity index (χ3n) is 13.7. The summed E-state index contributed by atoms with van der Waals surface area (Å²) in [6.07, 6.45) is 102. The lowest BCUT2D eigenvalue weighted by atomic mass is 10.1. The Labute approximate surface area is 511 Å². The molecule has 0 bridgehead atoms. The van der Waals surface area contributed by atoms with Crippen LogP contribution in [-0.4, -0.2) is 37.2 Å². The number of carbonyl (C=O) groups is 3. The van der Waals surface area contributed by atoms with Crippen molar-refractivity contribution in [2.45, 2.75) is 284 Å². The van der Waals surface area contributed by atoms with Gasteiger partial charge in [0.15, 0.2) is 6.10 Å². The van der Waals surface area contributed by atoms with Gasteiger partial charge in [-0.15, -0.1) is 0 Å². The number of hydrogen-bond acceptors (Lipinski definition) is 6. The van der Waals surface area contributed by atoms with Crippen molar-refractivity contribution in [3.8, 4) is 0 Å². The second-order valence-electron chi connectivity index (χ2n) is 21.6. The largest absolute Gasteiger partial charge is 0.462 e. The van der Waals surface area contributed by atoms with E-state index in [1.807, 2.05) is 0 Å². The number of ether oxygens (including phenoxy) is 3. The van der Waals surface area contributed by atoms with Gasteiger partial charge in [-0.05, 0) is 148 Å². The highest BCUT2D eigenvalue weighted by molar-refractivity contribution is 5.71. The van der Waals surface area contributed by atoms with E-state index in [0.29, 0.717) is 19.3 Å². The molecule has 0 radical (unpaired) electrons. The molecule has 0 fully saturated rings. The van der Waals surface area contributed by atoms with Crippen LogP contribution in [-0.2, 0) is 28.6 Å². The second-order valence-corrected chi connectivity index (χ2v) is 21.6. The Morgan fingerprint density at radius 1 is 0.241 bits per heavy atom. The summed E-state index contributed by atoms with van der Waals surface area (Å²) < 4.78 is 16.9. The van der Waals surface area contributed by atoms with Crippen LogP contribution in [0.1, 0.15) is 278 Å². The topological polar surface area (TPSA) is 78.9 Å². The van der Waals surface area contributed by atoms with E-state index in [1.165, 1.54) is 64.2 Å². The van der Waals surface area contributed by atoms with Gasteiger partial charge in [-0.2, -0.15) is 0 Å². The Kier molecular flexibility index (Phi) is 64.9. The molecule has 0 aliphatic heterocycles. The molecule has 0 aromatic rings. The summed E-state index contributed by atoms with van der Waals surface area (Å²) in [7, 11) is 0. The molecule has 0 rings (SSSR count). The van der Waals surface area contributed by atoms with Gasteiger partial charge in [0.2, 0.25) is 0 Å². The number of allylic oxidation sites excluding steroid dienone is 28. The van der Waals surface area contributed by atoms with Crippen molar-refractivity contribution in [1.29, 1.82) is 0 Å². The normalized spacial score (nSPS) is 13.2. The van der Waals surface area contributed by atoms with Crippen LogP contribution >= 0.6 is 0 Å². The van der Waals surface area contributed by atoms with E-state index in [2.05, 4.69) is 191 Å². The van der Waals surface area contributed by atoms with Crippen molar-refractivity contribution >= 4 is 17.9 Å². The molecule has 0 saturated heterocycles. The molecule has 0 N–H and O–H groups in total. The lowest BCUT2D eigenvalue weighted by Crippen LogP contribution is -2.30. The Balaban J connectivity index is 4.37. The second kappa shape index (κ2) is 69.3. The Morgan fingerprint density at radius 2 is 0.434 bits per heavy atom. The summed E-state index contributed by atoms with van der Waals surface area (Å²) in [6, 6.07) is 0. The van der Waals surface area contributed by atoms with Crippen LogP contribution in [0.15, 0.2) is 170 Å². The molecule has 0 heterocycles. The quantitative estimate of drug-likeness (QED) is 0.0261. The molecule has 6 heteroatoms. The summed E-state index contributed by atoms with van der Waals surface area (Å²) in [4.78, 5) is 38.4. The van der Waals surface area contributed by atoms with Crippen LogP contribution in [0.3, 0.4) is 0 Å². The van der Waals surface area contributed by atoms with E-state index in [-0.39, 0.29) is 31.1 Å². The molecule has 83 heavy (non-hydrogen) atoms. The van der Waals surface area contributed by atoms with E-state index in [4.69, 9.17) is 14.2 Å². The molecule has 0 aromatic carbocycles. The third-order valence-corrected chi connectivity index (χ3v) is 13.7. The maximum absolute atomic E-state index is 12.9. The van der Waals surface area contributed by atoms with Gasteiger partial charge in [0.25, 0.3) is 0 Å². The fraction of sp³-hybridized carbons (Fsp3) is 0.597. The minimum atomic E-state index is -0.808. The van der Waals surface area contributed by atoms with E-state index >= 15 is 0 Å². The van der Waals surface area contributed by atoms with Crippen molar-refractivity contribution in [1.82, 2.24) is 0 Å². The number of unbranched alkanes of at least 4 members (excludes halogenated alkanes) is 20. The van der Waals surface area contributed by atoms with Crippen LogP contribution in [0.25, 0.3) is 0 Å². The highest BCUT2D eigenvalue weighted by Crippen LogP contribution is 2.15. The van der Waals surface area contributed by atoms with E-state index in [0.717, 1.165) is 173 Å². The molecule has 0 spiro atoms. The van der Waals surface area contributed by atoms with Crippen molar-refractivity contribution in [2.24, 2.45) is 0 Å². The number of esters is 3. The Bertz CT molecular complexity index is 1890. The van der Waals surface area contributed by atoms with Crippen LogP contribution in [0, 0.1) is 0 Å². The van der Waals surface area contributed by atoms with Gasteiger partial charge in [-0.3, -0.25) is 14.4 Å². The van der Waals surface area contributed by atoms with Gasteiger partial charge in [0.05, 0.1) is 0 Å². The maximum Gasteiger partial charge on any atom is 0.306 e. The van der Waals surface area contributed by atoms with Gasteiger partial charge in [0, 0.05) is 19.3 Å². The first kappa shape index (κ1) is 77.8. The molecule has 1 atom stereocenters. The molecule has 0 aliphatic rings. The number of rotatable bonds is 59. The Hall–Kier alpha value is -5.23. The van der Waals surface area contributed by atoms with Crippen LogP contribution in [0.5, 0.6) is 0 Å². The number of carbonyl (C=O) groups excluding carboxylic acids is 3. The smallest absolute Gasteiger partial charge is 0.306 e. The fourth-order valence-corrected chi connectivity index (χ4v) is 8.78. The fourth-order valence-electron chi connectivity index (χ4n) is 8.78. The minimum Gasteiger partial charge on any atom is -0.462 e. The van der Waals surface area contributed by atoms with E-state index in [1.54, 1.807) is 0 Å². The first-order valence-corrected chi connectivity index (χ1v) is 33.6. The van der Waals surface area contributed by atoms with Crippen molar-refractivity contribution < 1.29 is 28.6 Å². The summed E-state index contributed by atoms with van der Waals surface area (Å²) in [5.74, 6) is -0.949. The van der Waals surface area contributed by atoms with Crippen molar-refractivity contribution in [3.63, 3.8) is 0 Å². The molecule has 466 valence electrons. The zero-order chi connectivity index (χ0) is 59.9. The molecule has 0 amide bonds. The molecule has 6 nitrogen and oxygen atoms in total. The maximum atomic E-state index is 12.9. The molecule has 0 aliphatic carbocycles. The zero-order valence-electron chi connectivity index (χ0n) is 53.4. The average molecular weight is 1140 g/mol. The minimum absolute atomic E-state index is 0.101. The van der Waals surface area contributed by atoms with E-state index in [9.17, 15) is 14.4 Å². The zero-order valence-corrected chi connectivity index (χ0v) is 53.4. The molecular formula is C77H122O6. The summed E-state index contributed by atoms with van der Waals surface area (Å²) in [5.41, 5.74) is 0. The van der Waals surface area contributed by atoms with Crippen molar-refractivity contribution in [2.75, 3.05) is 13.2 Å². The van der Waals surface area contributed by atoms with Gasteiger partial charge >= 0.3 is 17.9 Å². The van der Waals surface area contributed by atoms with Crippen molar-refractivity contribution in [3.05, 3.63) is 170 Å². The number of hydrogen-bond donors (Lipinski definition) is 0. The lowest BCUT2D eigenvalue weighted by Gasteiger charge is -2.18. The first-order valence-electron chi connectivity index (χ1n) is 33.6. The van der Waals surface area contributed by atoms with Gasteiger partial charge in [-0.25, -0.2) is 0 Å². The van der Waals surface area contributed by atoms with Gasteiger partial charge in [-0.1, -0.05) is 281 Å². The van der Waals surface area contributed by atoms with Crippen LogP contribution in [0.4, 0.5) is 0 Å². The predicted octanol–water partition coefficient (Wildman–Crippen LogP) is 23.4. The highest BCUT2D eigenvalue weighted by Gasteiger charge is 2.19. The molecule has 1 unspecified atom stereocenters.